The van der Waals surface area contributed by atoms with E-state index in [9.17, 15) is 14.9 Å². The Balaban J connectivity index is 1.54. The van der Waals surface area contributed by atoms with Gasteiger partial charge < -0.3 is 9.88 Å². The Morgan fingerprint density at radius 1 is 1.25 bits per heavy atom. The minimum absolute atomic E-state index is 0.0456. The maximum Gasteiger partial charge on any atom is 0.312 e. The minimum Gasteiger partial charge on any atom is -0.354 e. The standard InChI is InChI=1S/C19H22N6O3/c1-14-19(25(27)28)15(2)24(22-14)13-18(26)21-9-8-17-20-10-11-23(17)12-16-6-4-3-5-7-16/h3-7,10-11H,8-9,12-13H2,1-2H3,(H,21,26). The highest BCUT2D eigenvalue weighted by molar-refractivity contribution is 5.75. The predicted molar refractivity (Wildman–Crippen MR) is 103 cm³/mol. The van der Waals surface area contributed by atoms with Gasteiger partial charge in [0.25, 0.3) is 0 Å². The first-order valence-corrected chi connectivity index (χ1v) is 8.94. The normalized spacial score (nSPS) is 10.8. The van der Waals surface area contributed by atoms with Crippen LogP contribution >= 0.6 is 0 Å². The third-order valence-corrected chi connectivity index (χ3v) is 4.49. The maximum absolute atomic E-state index is 12.2. The van der Waals surface area contributed by atoms with Crippen LogP contribution in [0.25, 0.3) is 0 Å². The Morgan fingerprint density at radius 3 is 2.68 bits per heavy atom. The number of nitrogens with zero attached hydrogens (tertiary/aromatic N) is 5. The van der Waals surface area contributed by atoms with E-state index in [-0.39, 0.29) is 18.1 Å². The number of carbonyl (C=O) groups is 1. The average Bonchev–Trinajstić information content (AvgIpc) is 3.20. The maximum atomic E-state index is 12.2. The van der Waals surface area contributed by atoms with Gasteiger partial charge in [0, 0.05) is 31.9 Å². The molecule has 0 saturated heterocycles. The predicted octanol–water partition coefficient (Wildman–Crippen LogP) is 2.01. The van der Waals surface area contributed by atoms with Crippen molar-refractivity contribution in [2.24, 2.45) is 0 Å². The van der Waals surface area contributed by atoms with Crippen LogP contribution in [0.1, 0.15) is 22.8 Å². The van der Waals surface area contributed by atoms with Crippen molar-refractivity contribution in [3.8, 4) is 0 Å². The van der Waals surface area contributed by atoms with Crippen LogP contribution in [0.15, 0.2) is 42.7 Å². The molecule has 0 radical (unpaired) electrons. The third kappa shape index (κ3) is 4.43. The van der Waals surface area contributed by atoms with Gasteiger partial charge in [-0.1, -0.05) is 30.3 Å². The fourth-order valence-corrected chi connectivity index (χ4v) is 3.10. The topological polar surface area (TPSA) is 108 Å². The second kappa shape index (κ2) is 8.47. The molecule has 0 aliphatic carbocycles. The first-order chi connectivity index (χ1) is 13.5. The van der Waals surface area contributed by atoms with Crippen LogP contribution in [-0.4, -0.2) is 36.7 Å². The lowest BCUT2D eigenvalue weighted by Crippen LogP contribution is -2.30. The van der Waals surface area contributed by atoms with Crippen molar-refractivity contribution >= 4 is 11.6 Å². The molecule has 0 aliphatic rings. The third-order valence-electron chi connectivity index (χ3n) is 4.49. The summed E-state index contributed by atoms with van der Waals surface area (Å²) in [7, 11) is 0. The Labute approximate surface area is 162 Å². The first-order valence-electron chi connectivity index (χ1n) is 8.94. The van der Waals surface area contributed by atoms with Gasteiger partial charge >= 0.3 is 5.69 Å². The Hall–Kier alpha value is -3.49. The molecular formula is C19H22N6O3. The van der Waals surface area contributed by atoms with Crippen molar-refractivity contribution < 1.29 is 9.72 Å². The van der Waals surface area contributed by atoms with Crippen LogP contribution in [0.4, 0.5) is 5.69 Å². The van der Waals surface area contributed by atoms with E-state index in [1.165, 1.54) is 10.2 Å². The van der Waals surface area contributed by atoms with Crippen molar-refractivity contribution in [3.05, 3.63) is 75.6 Å². The van der Waals surface area contributed by atoms with Gasteiger partial charge in [-0.3, -0.25) is 19.6 Å². The number of amides is 1. The number of aromatic nitrogens is 4. The molecule has 146 valence electrons. The number of aryl methyl sites for hydroxylation is 1. The zero-order chi connectivity index (χ0) is 20.1. The molecule has 3 rings (SSSR count). The summed E-state index contributed by atoms with van der Waals surface area (Å²) >= 11 is 0. The Kier molecular flexibility index (Phi) is 5.83. The van der Waals surface area contributed by atoms with E-state index in [0.29, 0.717) is 24.4 Å². The largest absolute Gasteiger partial charge is 0.354 e. The van der Waals surface area contributed by atoms with E-state index in [0.717, 1.165) is 12.4 Å². The first kappa shape index (κ1) is 19.3. The zero-order valence-electron chi connectivity index (χ0n) is 15.8. The molecule has 1 N–H and O–H groups in total. The molecule has 0 saturated carbocycles. The van der Waals surface area contributed by atoms with Gasteiger partial charge in [-0.25, -0.2) is 4.98 Å². The molecule has 3 aromatic rings. The number of hydrogen-bond acceptors (Lipinski definition) is 5. The molecule has 2 aromatic heterocycles. The van der Waals surface area contributed by atoms with Crippen molar-refractivity contribution in [2.45, 2.75) is 33.4 Å². The summed E-state index contributed by atoms with van der Waals surface area (Å²) < 4.78 is 3.41. The van der Waals surface area contributed by atoms with Gasteiger partial charge in [0.2, 0.25) is 5.91 Å². The lowest BCUT2D eigenvalue weighted by Gasteiger charge is -2.09. The van der Waals surface area contributed by atoms with E-state index in [4.69, 9.17) is 0 Å². The number of hydrogen-bond donors (Lipinski definition) is 1. The van der Waals surface area contributed by atoms with Crippen LogP contribution in [0.3, 0.4) is 0 Å². The molecule has 9 heteroatoms. The smallest absolute Gasteiger partial charge is 0.312 e. The second-order valence-corrected chi connectivity index (χ2v) is 6.49. The summed E-state index contributed by atoms with van der Waals surface area (Å²) in [6.45, 7) is 4.24. The SMILES string of the molecule is Cc1nn(CC(=O)NCCc2nccn2Cc2ccccc2)c(C)c1[N+](=O)[O-]. The van der Waals surface area contributed by atoms with E-state index in [1.807, 2.05) is 29.0 Å². The molecule has 9 nitrogen and oxygen atoms in total. The fraction of sp³-hybridized carbons (Fsp3) is 0.316. The fourth-order valence-electron chi connectivity index (χ4n) is 3.10. The number of nitro groups is 1. The quantitative estimate of drug-likeness (QED) is 0.474. The number of nitrogens with one attached hydrogen (secondary N) is 1. The van der Waals surface area contributed by atoms with Gasteiger partial charge in [0.05, 0.1) is 4.92 Å². The van der Waals surface area contributed by atoms with Crippen molar-refractivity contribution in [1.82, 2.24) is 24.6 Å². The highest BCUT2D eigenvalue weighted by Crippen LogP contribution is 2.21. The van der Waals surface area contributed by atoms with E-state index < -0.39 is 4.92 Å². The molecule has 1 aromatic carbocycles. The molecule has 0 spiro atoms. The summed E-state index contributed by atoms with van der Waals surface area (Å²) in [5.41, 5.74) is 1.81. The number of carbonyl (C=O) groups excluding carboxylic acids is 1. The molecule has 0 bridgehead atoms. The lowest BCUT2D eigenvalue weighted by molar-refractivity contribution is -0.386. The Bertz CT molecular complexity index is 977. The van der Waals surface area contributed by atoms with Crippen LogP contribution in [0, 0.1) is 24.0 Å². The van der Waals surface area contributed by atoms with Crippen LogP contribution < -0.4 is 5.32 Å². The summed E-state index contributed by atoms with van der Waals surface area (Å²) in [5, 5.41) is 18.0. The van der Waals surface area contributed by atoms with Gasteiger partial charge in [0.15, 0.2) is 0 Å². The van der Waals surface area contributed by atoms with Crippen LogP contribution in [0.5, 0.6) is 0 Å². The second-order valence-electron chi connectivity index (χ2n) is 6.49. The number of benzene rings is 1. The van der Waals surface area contributed by atoms with Gasteiger partial charge in [-0.2, -0.15) is 5.10 Å². The molecule has 0 unspecified atom stereocenters. The van der Waals surface area contributed by atoms with Gasteiger partial charge in [-0.15, -0.1) is 0 Å². The molecule has 2 heterocycles. The molecule has 0 fully saturated rings. The van der Waals surface area contributed by atoms with Crippen molar-refractivity contribution in [1.29, 1.82) is 0 Å². The van der Waals surface area contributed by atoms with Crippen molar-refractivity contribution in [2.75, 3.05) is 6.54 Å². The molecule has 1 amide bonds. The van der Waals surface area contributed by atoms with Crippen LogP contribution in [0.2, 0.25) is 0 Å². The molecular weight excluding hydrogens is 360 g/mol. The minimum atomic E-state index is -0.474. The summed E-state index contributed by atoms with van der Waals surface area (Å²) in [6.07, 6.45) is 4.25. The van der Waals surface area contributed by atoms with E-state index in [1.54, 1.807) is 20.0 Å². The monoisotopic (exact) mass is 382 g/mol. The van der Waals surface area contributed by atoms with Crippen LogP contribution in [-0.2, 0) is 24.3 Å². The van der Waals surface area contributed by atoms with Gasteiger partial charge in [-0.05, 0) is 19.4 Å². The Morgan fingerprint density at radius 2 is 2.00 bits per heavy atom. The van der Waals surface area contributed by atoms with Gasteiger partial charge in [0.1, 0.15) is 23.8 Å². The molecule has 0 aliphatic heterocycles. The summed E-state index contributed by atoms with van der Waals surface area (Å²) in [4.78, 5) is 27.1. The molecule has 0 atom stereocenters. The number of rotatable bonds is 8. The molecule has 28 heavy (non-hydrogen) atoms. The summed E-state index contributed by atoms with van der Waals surface area (Å²) in [5.74, 6) is 0.632. The average molecular weight is 382 g/mol. The summed E-state index contributed by atoms with van der Waals surface area (Å²) in [6, 6.07) is 10.1. The highest BCUT2D eigenvalue weighted by atomic mass is 16.6. The lowest BCUT2D eigenvalue weighted by atomic mass is 10.2. The zero-order valence-corrected chi connectivity index (χ0v) is 15.8. The highest BCUT2D eigenvalue weighted by Gasteiger charge is 2.22. The van der Waals surface area contributed by atoms with E-state index in [2.05, 4.69) is 27.5 Å². The van der Waals surface area contributed by atoms with E-state index >= 15 is 0 Å². The van der Waals surface area contributed by atoms with Crippen molar-refractivity contribution in [3.63, 3.8) is 0 Å². The number of imidazole rings is 1.